The van der Waals surface area contributed by atoms with E-state index in [0.29, 0.717) is 24.0 Å². The van der Waals surface area contributed by atoms with Gasteiger partial charge >= 0.3 is 6.18 Å². The maximum absolute atomic E-state index is 12.2. The van der Waals surface area contributed by atoms with Crippen LogP contribution < -0.4 is 14.8 Å². The molecule has 0 saturated carbocycles. The molecule has 0 saturated heterocycles. The zero-order valence-electron chi connectivity index (χ0n) is 12.6. The molecule has 0 bridgehead atoms. The summed E-state index contributed by atoms with van der Waals surface area (Å²) in [5.74, 6) is 1.31. The summed E-state index contributed by atoms with van der Waals surface area (Å²) in [5.41, 5.74) is 0.789. The summed E-state index contributed by atoms with van der Waals surface area (Å²) in [6.07, 6.45) is -5.21. The number of methoxy groups -OCH3 is 1. The summed E-state index contributed by atoms with van der Waals surface area (Å²) in [4.78, 5) is 0. The molecule has 0 aliphatic carbocycles. The number of para-hydroxylation sites is 1. The Labute approximate surface area is 123 Å². The fourth-order valence-electron chi connectivity index (χ4n) is 1.79. The van der Waals surface area contributed by atoms with Crippen molar-refractivity contribution >= 4 is 0 Å². The molecule has 0 fully saturated rings. The Morgan fingerprint density at radius 3 is 2.52 bits per heavy atom. The Morgan fingerprint density at radius 2 is 1.95 bits per heavy atom. The van der Waals surface area contributed by atoms with Gasteiger partial charge in [-0.05, 0) is 18.5 Å². The molecule has 0 radical (unpaired) electrons. The van der Waals surface area contributed by atoms with Crippen LogP contribution in [0.25, 0.3) is 0 Å². The first-order valence-electron chi connectivity index (χ1n) is 6.89. The topological polar surface area (TPSA) is 30.5 Å². The molecule has 0 atom stereocenters. The predicted molar refractivity (Wildman–Crippen MR) is 75.7 cm³/mol. The van der Waals surface area contributed by atoms with Crippen molar-refractivity contribution in [2.24, 2.45) is 5.92 Å². The third-order valence-electron chi connectivity index (χ3n) is 2.78. The van der Waals surface area contributed by atoms with Gasteiger partial charge in [0, 0.05) is 12.1 Å². The van der Waals surface area contributed by atoms with Crippen LogP contribution in [-0.4, -0.2) is 26.4 Å². The maximum Gasteiger partial charge on any atom is 0.392 e. The molecule has 0 spiro atoms. The van der Waals surface area contributed by atoms with Crippen LogP contribution in [0.2, 0.25) is 0 Å². The van der Waals surface area contributed by atoms with Crippen LogP contribution in [0.3, 0.4) is 0 Å². The Kier molecular flexibility index (Phi) is 6.81. The van der Waals surface area contributed by atoms with Crippen molar-refractivity contribution in [3.05, 3.63) is 23.8 Å². The molecule has 1 aromatic carbocycles. The predicted octanol–water partition coefficient (Wildman–Crippen LogP) is 3.77. The molecular weight excluding hydrogens is 283 g/mol. The molecule has 0 aliphatic rings. The van der Waals surface area contributed by atoms with Gasteiger partial charge in [-0.2, -0.15) is 13.2 Å². The first-order chi connectivity index (χ1) is 9.83. The van der Waals surface area contributed by atoms with Gasteiger partial charge in [0.1, 0.15) is 0 Å². The highest BCUT2D eigenvalue weighted by Gasteiger charge is 2.27. The average molecular weight is 305 g/mol. The molecule has 0 heterocycles. The van der Waals surface area contributed by atoms with E-state index in [1.54, 1.807) is 12.1 Å². The van der Waals surface area contributed by atoms with E-state index in [0.717, 1.165) is 12.1 Å². The highest BCUT2D eigenvalue weighted by Crippen LogP contribution is 2.32. The lowest BCUT2D eigenvalue weighted by Crippen LogP contribution is -2.20. The van der Waals surface area contributed by atoms with Crippen molar-refractivity contribution in [2.45, 2.75) is 33.0 Å². The van der Waals surface area contributed by atoms with Crippen molar-refractivity contribution < 1.29 is 22.6 Å². The van der Waals surface area contributed by atoms with Crippen LogP contribution in [0.4, 0.5) is 13.2 Å². The first kappa shape index (κ1) is 17.6. The lowest BCUT2D eigenvalue weighted by Gasteiger charge is -2.16. The molecule has 0 amide bonds. The minimum Gasteiger partial charge on any atom is -0.493 e. The lowest BCUT2D eigenvalue weighted by atomic mass is 10.1. The molecule has 1 N–H and O–H groups in total. The van der Waals surface area contributed by atoms with Gasteiger partial charge in [-0.15, -0.1) is 0 Å². The Bertz CT molecular complexity index is 433. The summed E-state index contributed by atoms with van der Waals surface area (Å²) in [6, 6.07) is 5.29. The van der Waals surface area contributed by atoms with Gasteiger partial charge in [0.15, 0.2) is 11.5 Å². The van der Waals surface area contributed by atoms with E-state index < -0.39 is 19.2 Å². The van der Waals surface area contributed by atoms with Gasteiger partial charge in [0.25, 0.3) is 0 Å². The number of hydrogen-bond acceptors (Lipinski definition) is 3. The van der Waals surface area contributed by atoms with E-state index >= 15 is 0 Å². The molecule has 3 nitrogen and oxygen atoms in total. The Balaban J connectivity index is 2.73. The van der Waals surface area contributed by atoms with Crippen LogP contribution in [0.5, 0.6) is 11.5 Å². The number of nitrogens with one attached hydrogen (secondary N) is 1. The summed E-state index contributed by atoms with van der Waals surface area (Å²) in [5, 5.41) is 3.24. The fourth-order valence-corrected chi connectivity index (χ4v) is 1.79. The van der Waals surface area contributed by atoms with Crippen LogP contribution in [0, 0.1) is 5.92 Å². The number of benzene rings is 1. The van der Waals surface area contributed by atoms with Crippen LogP contribution >= 0.6 is 0 Å². The number of halogens is 3. The fraction of sp³-hybridized carbons (Fsp3) is 0.600. The number of rotatable bonds is 8. The number of ether oxygens (including phenoxy) is 2. The molecule has 1 rings (SSSR count). The third-order valence-corrected chi connectivity index (χ3v) is 2.78. The van der Waals surface area contributed by atoms with Gasteiger partial charge in [-0.3, -0.25) is 0 Å². The largest absolute Gasteiger partial charge is 0.493 e. The van der Waals surface area contributed by atoms with E-state index in [-0.39, 0.29) is 0 Å². The van der Waals surface area contributed by atoms with Crippen molar-refractivity contribution in [1.29, 1.82) is 0 Å². The minimum absolute atomic E-state index is 0.375. The molecule has 21 heavy (non-hydrogen) atoms. The molecule has 0 unspecified atom stereocenters. The second-order valence-electron chi connectivity index (χ2n) is 5.19. The molecule has 1 aromatic rings. The van der Waals surface area contributed by atoms with Crippen LogP contribution in [0.15, 0.2) is 18.2 Å². The van der Waals surface area contributed by atoms with E-state index in [2.05, 4.69) is 19.2 Å². The monoisotopic (exact) mass is 305 g/mol. The number of alkyl halides is 3. The summed E-state index contributed by atoms with van der Waals surface area (Å²) in [7, 11) is 1.47. The zero-order valence-corrected chi connectivity index (χ0v) is 12.6. The molecular formula is C15H22F3NO2. The van der Waals surface area contributed by atoms with Gasteiger partial charge in [0.05, 0.1) is 20.1 Å². The quantitative estimate of drug-likeness (QED) is 0.793. The van der Waals surface area contributed by atoms with Crippen molar-refractivity contribution in [3.8, 4) is 11.5 Å². The van der Waals surface area contributed by atoms with Crippen molar-refractivity contribution in [2.75, 3.05) is 20.3 Å². The molecule has 0 aliphatic heterocycles. The highest BCUT2D eigenvalue weighted by atomic mass is 19.4. The highest BCUT2D eigenvalue weighted by molar-refractivity contribution is 5.46. The van der Waals surface area contributed by atoms with E-state index in [1.165, 1.54) is 7.11 Å². The van der Waals surface area contributed by atoms with Crippen molar-refractivity contribution in [1.82, 2.24) is 5.32 Å². The Hall–Kier alpha value is -1.43. The van der Waals surface area contributed by atoms with Gasteiger partial charge in [-0.1, -0.05) is 26.0 Å². The minimum atomic E-state index is -4.22. The zero-order chi connectivity index (χ0) is 15.9. The van der Waals surface area contributed by atoms with E-state index in [9.17, 15) is 13.2 Å². The SMILES string of the molecule is COc1cccc(CNCC(C)C)c1OCCC(F)(F)F. The standard InChI is InChI=1S/C15H22F3NO2/c1-11(2)9-19-10-12-5-4-6-13(20-3)14(12)21-8-7-15(16,17)18/h4-6,11,19H,7-10H2,1-3H3. The van der Waals surface area contributed by atoms with Crippen molar-refractivity contribution in [3.63, 3.8) is 0 Å². The summed E-state index contributed by atoms with van der Waals surface area (Å²) >= 11 is 0. The summed E-state index contributed by atoms with van der Waals surface area (Å²) < 4.78 is 47.1. The smallest absolute Gasteiger partial charge is 0.392 e. The second kappa shape index (κ2) is 8.12. The third kappa shape index (κ3) is 6.71. The van der Waals surface area contributed by atoms with E-state index in [1.807, 2.05) is 6.07 Å². The maximum atomic E-state index is 12.2. The second-order valence-corrected chi connectivity index (χ2v) is 5.19. The van der Waals surface area contributed by atoms with Gasteiger partial charge in [0.2, 0.25) is 0 Å². The Morgan fingerprint density at radius 1 is 1.24 bits per heavy atom. The van der Waals surface area contributed by atoms with Crippen LogP contribution in [0.1, 0.15) is 25.8 Å². The van der Waals surface area contributed by atoms with Gasteiger partial charge in [-0.25, -0.2) is 0 Å². The molecule has 0 aromatic heterocycles. The summed E-state index contributed by atoms with van der Waals surface area (Å²) in [6.45, 7) is 5.09. The average Bonchev–Trinajstić information content (AvgIpc) is 2.38. The first-order valence-corrected chi connectivity index (χ1v) is 6.89. The molecule has 120 valence electrons. The van der Waals surface area contributed by atoms with Gasteiger partial charge < -0.3 is 14.8 Å². The van der Waals surface area contributed by atoms with E-state index in [4.69, 9.17) is 9.47 Å². The van der Waals surface area contributed by atoms with Crippen LogP contribution in [-0.2, 0) is 6.54 Å². The lowest BCUT2D eigenvalue weighted by molar-refractivity contribution is -0.139. The number of hydrogen-bond donors (Lipinski definition) is 1. The molecule has 6 heteroatoms. The normalized spacial score (nSPS) is 11.8.